The number of carbonyl (C=O) groups is 1. The minimum atomic E-state index is -0.256. The molecule has 0 aliphatic heterocycles. The van der Waals surface area contributed by atoms with Gasteiger partial charge in [-0.3, -0.25) is 9.78 Å². The average molecular weight is 390 g/mol. The first-order valence-corrected chi connectivity index (χ1v) is 9.84. The Balaban J connectivity index is 1.73. The van der Waals surface area contributed by atoms with E-state index in [4.69, 9.17) is 0 Å². The highest BCUT2D eigenvalue weighted by atomic mass is 16.1. The predicted octanol–water partition coefficient (Wildman–Crippen LogP) is 4.98. The molecule has 2 aromatic heterocycles. The van der Waals surface area contributed by atoms with E-state index in [1.54, 1.807) is 18.6 Å². The largest absolute Gasteiger partial charge is 0.365 e. The lowest BCUT2D eigenvalue weighted by atomic mass is 9.92. The summed E-state index contributed by atoms with van der Waals surface area (Å²) >= 11 is 0. The Kier molecular flexibility index (Phi) is 6.54. The maximum atomic E-state index is 12.8. The molecule has 29 heavy (non-hydrogen) atoms. The molecule has 0 unspecified atom stereocenters. The van der Waals surface area contributed by atoms with Gasteiger partial charge in [0, 0.05) is 24.6 Å². The predicted molar refractivity (Wildman–Crippen MR) is 116 cm³/mol. The number of hydrogen-bond acceptors (Lipinski definition) is 5. The molecule has 6 heteroatoms. The van der Waals surface area contributed by atoms with Crippen LogP contribution in [-0.2, 0) is 6.54 Å². The Morgan fingerprint density at radius 2 is 1.59 bits per heavy atom. The summed E-state index contributed by atoms with van der Waals surface area (Å²) in [6, 6.07) is 10.0. The normalized spacial score (nSPS) is 11.0. The van der Waals surface area contributed by atoms with Crippen molar-refractivity contribution in [2.45, 2.75) is 46.1 Å². The molecular formula is C23H27N5O. The zero-order chi connectivity index (χ0) is 20.8. The number of pyridine rings is 1. The van der Waals surface area contributed by atoms with Crippen LogP contribution in [0, 0.1) is 0 Å². The number of anilines is 2. The van der Waals surface area contributed by atoms with Gasteiger partial charge in [-0.25, -0.2) is 9.97 Å². The van der Waals surface area contributed by atoms with E-state index in [9.17, 15) is 4.79 Å². The highest BCUT2D eigenvalue weighted by Crippen LogP contribution is 2.32. The molecule has 3 rings (SSSR count). The molecule has 0 saturated carbocycles. The number of benzene rings is 1. The zero-order valence-electron chi connectivity index (χ0n) is 17.3. The van der Waals surface area contributed by atoms with Gasteiger partial charge in [0.2, 0.25) is 0 Å². The second-order valence-corrected chi connectivity index (χ2v) is 7.57. The second-order valence-electron chi connectivity index (χ2n) is 7.57. The number of hydrogen-bond donors (Lipinski definition) is 2. The van der Waals surface area contributed by atoms with Gasteiger partial charge in [-0.15, -0.1) is 0 Å². The molecule has 0 fully saturated rings. The molecular weight excluding hydrogens is 362 g/mol. The fourth-order valence-corrected chi connectivity index (χ4v) is 3.10. The van der Waals surface area contributed by atoms with Gasteiger partial charge in [0.25, 0.3) is 5.91 Å². The van der Waals surface area contributed by atoms with E-state index in [-0.39, 0.29) is 11.6 Å². The zero-order valence-corrected chi connectivity index (χ0v) is 17.3. The van der Waals surface area contributed by atoms with Crippen molar-refractivity contribution in [2.75, 3.05) is 10.6 Å². The van der Waals surface area contributed by atoms with E-state index < -0.39 is 0 Å². The molecule has 0 saturated heterocycles. The summed E-state index contributed by atoms with van der Waals surface area (Å²) in [5.74, 6) is 0.960. The van der Waals surface area contributed by atoms with Crippen LogP contribution in [0.4, 0.5) is 11.5 Å². The van der Waals surface area contributed by atoms with Crippen molar-refractivity contribution in [3.8, 4) is 0 Å². The Morgan fingerprint density at radius 3 is 2.14 bits per heavy atom. The molecule has 1 aromatic carbocycles. The van der Waals surface area contributed by atoms with Crippen LogP contribution in [0.3, 0.4) is 0 Å². The molecule has 0 aliphatic carbocycles. The maximum absolute atomic E-state index is 12.8. The lowest BCUT2D eigenvalue weighted by Gasteiger charge is -2.20. The monoisotopic (exact) mass is 389 g/mol. The number of para-hydroxylation sites is 1. The molecule has 150 valence electrons. The minimum absolute atomic E-state index is 0.256. The number of carbonyl (C=O) groups excluding carboxylic acids is 1. The first-order chi connectivity index (χ1) is 14.0. The number of nitrogens with one attached hydrogen (secondary N) is 2. The van der Waals surface area contributed by atoms with E-state index in [1.165, 1.54) is 6.20 Å². The van der Waals surface area contributed by atoms with Gasteiger partial charge in [0.1, 0.15) is 11.5 Å². The maximum Gasteiger partial charge on any atom is 0.275 e. The van der Waals surface area contributed by atoms with Crippen molar-refractivity contribution >= 4 is 17.4 Å². The molecule has 6 nitrogen and oxygen atoms in total. The Labute approximate surface area is 171 Å². The van der Waals surface area contributed by atoms with Gasteiger partial charge < -0.3 is 10.6 Å². The summed E-state index contributed by atoms with van der Waals surface area (Å²) in [5.41, 5.74) is 4.49. The molecule has 0 radical (unpaired) electrons. The van der Waals surface area contributed by atoms with E-state index in [0.717, 1.165) is 22.4 Å². The molecule has 3 aromatic rings. The first-order valence-electron chi connectivity index (χ1n) is 9.84. The van der Waals surface area contributed by atoms with Crippen LogP contribution in [0.25, 0.3) is 0 Å². The van der Waals surface area contributed by atoms with Crippen LogP contribution in [-0.4, -0.2) is 20.9 Å². The molecule has 0 spiro atoms. The van der Waals surface area contributed by atoms with Crippen LogP contribution in [0.15, 0.2) is 55.1 Å². The molecule has 2 N–H and O–H groups in total. The van der Waals surface area contributed by atoms with E-state index in [2.05, 4.69) is 65.4 Å². The van der Waals surface area contributed by atoms with Crippen molar-refractivity contribution in [3.63, 3.8) is 0 Å². The fourth-order valence-electron chi connectivity index (χ4n) is 3.10. The summed E-state index contributed by atoms with van der Waals surface area (Å²) in [6.07, 6.45) is 6.57. The summed E-state index contributed by atoms with van der Waals surface area (Å²) in [7, 11) is 0. The lowest BCUT2D eigenvalue weighted by molar-refractivity contribution is 0.102. The van der Waals surface area contributed by atoms with Gasteiger partial charge in [0.05, 0.1) is 12.4 Å². The third kappa shape index (κ3) is 5.16. The average Bonchev–Trinajstić information content (AvgIpc) is 2.73. The number of rotatable bonds is 7. The van der Waals surface area contributed by atoms with E-state index in [0.29, 0.717) is 24.2 Å². The van der Waals surface area contributed by atoms with Crippen molar-refractivity contribution in [2.24, 2.45) is 0 Å². The van der Waals surface area contributed by atoms with Gasteiger partial charge in [-0.2, -0.15) is 0 Å². The van der Waals surface area contributed by atoms with Crippen LogP contribution >= 0.6 is 0 Å². The Morgan fingerprint density at radius 1 is 0.931 bits per heavy atom. The fraction of sp³-hybridized carbons (Fsp3) is 0.304. The molecule has 0 bridgehead atoms. The Bertz CT molecular complexity index is 927. The number of aromatic nitrogens is 3. The minimum Gasteiger partial charge on any atom is -0.365 e. The van der Waals surface area contributed by atoms with Crippen molar-refractivity contribution < 1.29 is 4.79 Å². The molecule has 0 atom stereocenters. The van der Waals surface area contributed by atoms with E-state index in [1.807, 2.05) is 18.2 Å². The number of amides is 1. The lowest BCUT2D eigenvalue weighted by Crippen LogP contribution is -2.17. The van der Waals surface area contributed by atoms with Gasteiger partial charge in [-0.1, -0.05) is 45.9 Å². The molecule has 1 amide bonds. The third-order valence-corrected chi connectivity index (χ3v) is 4.72. The highest BCUT2D eigenvalue weighted by molar-refractivity contribution is 6.03. The summed E-state index contributed by atoms with van der Waals surface area (Å²) < 4.78 is 0. The van der Waals surface area contributed by atoms with Crippen LogP contribution in [0.5, 0.6) is 0 Å². The second kappa shape index (κ2) is 9.28. The van der Waals surface area contributed by atoms with Gasteiger partial charge >= 0.3 is 0 Å². The molecule has 2 heterocycles. The van der Waals surface area contributed by atoms with Gasteiger partial charge in [0.15, 0.2) is 0 Å². The number of nitrogens with zero attached hydrogens (tertiary/aromatic N) is 3. The van der Waals surface area contributed by atoms with Crippen LogP contribution in [0.2, 0.25) is 0 Å². The molecule has 0 aliphatic rings. The standard InChI is InChI=1S/C23H27N5O/c1-15(2)18-6-5-7-19(16(3)4)22(18)28-23(29)20-13-27-21(14-25-20)26-12-17-8-10-24-11-9-17/h5-11,13-16H,12H2,1-4H3,(H,26,27)(H,28,29). The quantitative estimate of drug-likeness (QED) is 0.595. The Hall–Kier alpha value is -3.28. The SMILES string of the molecule is CC(C)c1cccc(C(C)C)c1NC(=O)c1cnc(NCc2ccncc2)cn1. The highest BCUT2D eigenvalue weighted by Gasteiger charge is 2.17. The summed E-state index contributed by atoms with van der Waals surface area (Å²) in [4.78, 5) is 25.4. The van der Waals surface area contributed by atoms with Crippen LogP contribution < -0.4 is 10.6 Å². The summed E-state index contributed by atoms with van der Waals surface area (Å²) in [5, 5.41) is 6.26. The summed E-state index contributed by atoms with van der Waals surface area (Å²) in [6.45, 7) is 9.11. The van der Waals surface area contributed by atoms with Crippen molar-refractivity contribution in [3.05, 3.63) is 77.5 Å². The van der Waals surface area contributed by atoms with Crippen LogP contribution in [0.1, 0.15) is 66.7 Å². The first kappa shape index (κ1) is 20.5. The van der Waals surface area contributed by atoms with E-state index >= 15 is 0 Å². The topological polar surface area (TPSA) is 79.8 Å². The van der Waals surface area contributed by atoms with Crippen molar-refractivity contribution in [1.29, 1.82) is 0 Å². The smallest absolute Gasteiger partial charge is 0.275 e. The van der Waals surface area contributed by atoms with Crippen molar-refractivity contribution in [1.82, 2.24) is 15.0 Å². The van der Waals surface area contributed by atoms with Gasteiger partial charge in [-0.05, 0) is 40.7 Å². The third-order valence-electron chi connectivity index (χ3n) is 4.72.